The number of nitro benzene ring substituents is 1. The Hall–Kier alpha value is -2.48. The fourth-order valence-electron chi connectivity index (χ4n) is 1.93. The van der Waals surface area contributed by atoms with Gasteiger partial charge in [-0.25, -0.2) is 0 Å². The van der Waals surface area contributed by atoms with E-state index in [-0.39, 0.29) is 24.6 Å². The molecule has 3 rings (SSSR count). The van der Waals surface area contributed by atoms with Gasteiger partial charge in [0.25, 0.3) is 5.89 Å². The van der Waals surface area contributed by atoms with Crippen molar-refractivity contribution in [2.24, 2.45) is 5.73 Å². The van der Waals surface area contributed by atoms with Crippen LogP contribution in [-0.4, -0.2) is 15.1 Å². The molecule has 0 unspecified atom stereocenters. The van der Waals surface area contributed by atoms with Crippen LogP contribution in [0.5, 0.6) is 5.75 Å². The molecular formula is C13H14N4O4. The highest BCUT2D eigenvalue weighted by atomic mass is 16.6. The van der Waals surface area contributed by atoms with E-state index >= 15 is 0 Å². The zero-order valence-electron chi connectivity index (χ0n) is 11.2. The van der Waals surface area contributed by atoms with E-state index in [4.69, 9.17) is 15.0 Å². The molecule has 1 aliphatic rings. The third-order valence-corrected chi connectivity index (χ3v) is 3.23. The first-order valence-corrected chi connectivity index (χ1v) is 6.60. The van der Waals surface area contributed by atoms with E-state index in [9.17, 15) is 10.1 Å². The van der Waals surface area contributed by atoms with E-state index < -0.39 is 4.92 Å². The maximum absolute atomic E-state index is 11.0. The quantitative estimate of drug-likeness (QED) is 0.637. The van der Waals surface area contributed by atoms with Crippen molar-refractivity contribution in [3.63, 3.8) is 0 Å². The van der Waals surface area contributed by atoms with Crippen molar-refractivity contribution in [3.05, 3.63) is 45.6 Å². The zero-order valence-corrected chi connectivity index (χ0v) is 11.2. The molecule has 0 amide bonds. The molecule has 0 spiro atoms. The summed E-state index contributed by atoms with van der Waals surface area (Å²) in [5.74, 6) is 1.52. The topological polar surface area (TPSA) is 117 Å². The summed E-state index contributed by atoms with van der Waals surface area (Å²) < 4.78 is 10.5. The summed E-state index contributed by atoms with van der Waals surface area (Å²) in [6.07, 6.45) is 2.15. The molecular weight excluding hydrogens is 276 g/mol. The lowest BCUT2D eigenvalue weighted by Crippen LogP contribution is -2.02. The number of nitrogens with two attached hydrogens (primary N) is 1. The Kier molecular flexibility index (Phi) is 3.53. The van der Waals surface area contributed by atoms with Crippen LogP contribution in [0, 0.1) is 10.1 Å². The van der Waals surface area contributed by atoms with Crippen molar-refractivity contribution < 1.29 is 14.2 Å². The van der Waals surface area contributed by atoms with E-state index in [1.165, 1.54) is 6.07 Å². The van der Waals surface area contributed by atoms with Gasteiger partial charge in [0, 0.05) is 18.5 Å². The highest BCUT2D eigenvalue weighted by Crippen LogP contribution is 2.38. The summed E-state index contributed by atoms with van der Waals surface area (Å²) in [5, 5.41) is 14.8. The fourth-order valence-corrected chi connectivity index (χ4v) is 1.93. The maximum Gasteiger partial charge on any atom is 0.310 e. The standard InChI is InChI=1S/C13H14N4O4/c14-6-8-1-4-10(17(18)19)11(5-8)20-7-12-15-13(16-21-12)9-2-3-9/h1,4-5,9H,2-3,6-7,14H2. The minimum Gasteiger partial charge on any atom is -0.477 e. The van der Waals surface area contributed by atoms with Gasteiger partial charge in [0.2, 0.25) is 0 Å². The number of ether oxygens (including phenoxy) is 1. The van der Waals surface area contributed by atoms with Crippen LogP contribution < -0.4 is 10.5 Å². The van der Waals surface area contributed by atoms with E-state index in [0.29, 0.717) is 17.6 Å². The second-order valence-electron chi connectivity index (χ2n) is 4.87. The van der Waals surface area contributed by atoms with Crippen molar-refractivity contribution in [3.8, 4) is 5.75 Å². The van der Waals surface area contributed by atoms with Crippen LogP contribution in [0.1, 0.15) is 36.0 Å². The molecule has 1 saturated carbocycles. The van der Waals surface area contributed by atoms with Crippen molar-refractivity contribution in [2.75, 3.05) is 0 Å². The smallest absolute Gasteiger partial charge is 0.310 e. The molecule has 1 aliphatic carbocycles. The van der Waals surface area contributed by atoms with Crippen molar-refractivity contribution in [2.45, 2.75) is 31.9 Å². The maximum atomic E-state index is 11.0. The largest absolute Gasteiger partial charge is 0.477 e. The molecule has 0 atom stereocenters. The molecule has 8 nitrogen and oxygen atoms in total. The number of hydrogen-bond donors (Lipinski definition) is 1. The van der Waals surface area contributed by atoms with Crippen LogP contribution in [0.15, 0.2) is 22.7 Å². The van der Waals surface area contributed by atoms with Gasteiger partial charge in [0.15, 0.2) is 18.2 Å². The predicted octanol–water partition coefficient (Wildman–Crippen LogP) is 1.89. The summed E-state index contributed by atoms with van der Waals surface area (Å²) in [7, 11) is 0. The molecule has 0 aliphatic heterocycles. The first-order valence-electron chi connectivity index (χ1n) is 6.60. The van der Waals surface area contributed by atoms with Crippen LogP contribution in [-0.2, 0) is 13.2 Å². The van der Waals surface area contributed by atoms with Crippen LogP contribution in [0.25, 0.3) is 0 Å². The molecule has 110 valence electrons. The minimum absolute atomic E-state index is 0.00537. The number of nitrogens with zero attached hydrogens (tertiary/aromatic N) is 3. The molecule has 0 radical (unpaired) electrons. The van der Waals surface area contributed by atoms with Crippen LogP contribution in [0.4, 0.5) is 5.69 Å². The van der Waals surface area contributed by atoms with Crippen molar-refractivity contribution in [1.29, 1.82) is 0 Å². The van der Waals surface area contributed by atoms with Crippen molar-refractivity contribution in [1.82, 2.24) is 10.1 Å². The Morgan fingerprint density at radius 3 is 2.95 bits per heavy atom. The average Bonchev–Trinajstić information content (AvgIpc) is 3.23. The van der Waals surface area contributed by atoms with Crippen LogP contribution in [0.2, 0.25) is 0 Å². The lowest BCUT2D eigenvalue weighted by Gasteiger charge is -2.06. The molecule has 0 bridgehead atoms. The SMILES string of the molecule is NCc1ccc([N+](=O)[O-])c(OCc2nc(C3CC3)no2)c1. The van der Waals surface area contributed by atoms with E-state index in [2.05, 4.69) is 10.1 Å². The van der Waals surface area contributed by atoms with Gasteiger partial charge in [0.05, 0.1) is 4.92 Å². The Morgan fingerprint density at radius 2 is 2.29 bits per heavy atom. The summed E-state index contributed by atoms with van der Waals surface area (Å²) in [6.45, 7) is 0.273. The van der Waals surface area contributed by atoms with Gasteiger partial charge in [-0.3, -0.25) is 10.1 Å². The molecule has 2 aromatic rings. The normalized spacial score (nSPS) is 14.1. The number of rotatable bonds is 6. The Labute approximate surface area is 120 Å². The van der Waals surface area contributed by atoms with E-state index in [0.717, 1.165) is 18.4 Å². The Morgan fingerprint density at radius 1 is 1.48 bits per heavy atom. The predicted molar refractivity (Wildman–Crippen MR) is 71.6 cm³/mol. The van der Waals surface area contributed by atoms with Gasteiger partial charge in [-0.15, -0.1) is 0 Å². The fraction of sp³-hybridized carbons (Fsp3) is 0.385. The number of hydrogen-bond acceptors (Lipinski definition) is 7. The molecule has 8 heteroatoms. The van der Waals surface area contributed by atoms with Gasteiger partial charge in [-0.05, 0) is 24.5 Å². The molecule has 2 N–H and O–H groups in total. The van der Waals surface area contributed by atoms with Crippen LogP contribution >= 0.6 is 0 Å². The second kappa shape index (κ2) is 5.49. The van der Waals surface area contributed by atoms with E-state index in [1.807, 2.05) is 0 Å². The lowest BCUT2D eigenvalue weighted by atomic mass is 10.2. The summed E-state index contributed by atoms with van der Waals surface area (Å²) in [5.41, 5.74) is 6.16. The number of nitro groups is 1. The van der Waals surface area contributed by atoms with Gasteiger partial charge in [-0.1, -0.05) is 11.2 Å². The summed E-state index contributed by atoms with van der Waals surface area (Å²) in [6, 6.07) is 4.53. The zero-order chi connectivity index (χ0) is 14.8. The van der Waals surface area contributed by atoms with Gasteiger partial charge in [0.1, 0.15) is 0 Å². The molecule has 1 heterocycles. The Bertz CT molecular complexity index is 666. The number of aromatic nitrogens is 2. The Balaban J connectivity index is 1.74. The highest BCUT2D eigenvalue weighted by Gasteiger charge is 2.29. The molecule has 21 heavy (non-hydrogen) atoms. The first-order chi connectivity index (χ1) is 10.2. The summed E-state index contributed by atoms with van der Waals surface area (Å²) >= 11 is 0. The third-order valence-electron chi connectivity index (χ3n) is 3.23. The summed E-state index contributed by atoms with van der Waals surface area (Å²) in [4.78, 5) is 14.7. The molecule has 0 saturated heterocycles. The van der Waals surface area contributed by atoms with Gasteiger partial charge >= 0.3 is 5.69 Å². The van der Waals surface area contributed by atoms with Crippen LogP contribution in [0.3, 0.4) is 0 Å². The second-order valence-corrected chi connectivity index (χ2v) is 4.87. The molecule has 1 aromatic carbocycles. The highest BCUT2D eigenvalue weighted by molar-refractivity contribution is 5.48. The average molecular weight is 290 g/mol. The first kappa shape index (κ1) is 13.5. The lowest BCUT2D eigenvalue weighted by molar-refractivity contribution is -0.386. The van der Waals surface area contributed by atoms with Gasteiger partial charge in [-0.2, -0.15) is 4.98 Å². The third kappa shape index (κ3) is 3.00. The molecule has 1 aromatic heterocycles. The van der Waals surface area contributed by atoms with Crippen molar-refractivity contribution >= 4 is 5.69 Å². The molecule has 1 fully saturated rings. The number of benzene rings is 1. The monoisotopic (exact) mass is 290 g/mol. The van der Waals surface area contributed by atoms with E-state index in [1.54, 1.807) is 12.1 Å². The minimum atomic E-state index is -0.501. The van der Waals surface area contributed by atoms with Gasteiger partial charge < -0.3 is 15.0 Å².